The smallest absolute Gasteiger partial charge is 0.256 e. The van der Waals surface area contributed by atoms with Crippen LogP contribution in [0.15, 0.2) is 43.0 Å². The van der Waals surface area contributed by atoms with E-state index in [1.165, 1.54) is 12.8 Å². The summed E-state index contributed by atoms with van der Waals surface area (Å²) in [6, 6.07) is 8.39. The van der Waals surface area contributed by atoms with Gasteiger partial charge in [0.1, 0.15) is 0 Å². The summed E-state index contributed by atoms with van der Waals surface area (Å²) in [5, 5.41) is 1.03. The van der Waals surface area contributed by atoms with E-state index in [4.69, 9.17) is 0 Å². The number of amides is 1. The molecule has 1 aromatic carbocycles. The predicted octanol–water partition coefficient (Wildman–Crippen LogP) is 2.67. The second-order valence-electron chi connectivity index (χ2n) is 7.81. The van der Waals surface area contributed by atoms with E-state index >= 15 is 0 Å². The second kappa shape index (κ2) is 6.53. The van der Waals surface area contributed by atoms with Crippen molar-refractivity contribution in [2.24, 2.45) is 7.05 Å². The number of imidazole rings is 1. The fourth-order valence-electron chi connectivity index (χ4n) is 4.63. The van der Waals surface area contributed by atoms with E-state index in [-0.39, 0.29) is 11.9 Å². The van der Waals surface area contributed by atoms with Gasteiger partial charge in [-0.15, -0.1) is 0 Å². The summed E-state index contributed by atoms with van der Waals surface area (Å²) in [4.78, 5) is 22.3. The van der Waals surface area contributed by atoms with Crippen LogP contribution in [-0.4, -0.2) is 56.0 Å². The zero-order valence-corrected chi connectivity index (χ0v) is 15.7. The van der Waals surface area contributed by atoms with E-state index in [9.17, 15) is 4.79 Å². The lowest BCUT2D eigenvalue weighted by atomic mass is 10.1. The van der Waals surface area contributed by atoms with Crippen molar-refractivity contribution < 1.29 is 4.79 Å². The third kappa shape index (κ3) is 2.84. The molecule has 2 aliphatic heterocycles. The Labute approximate surface area is 159 Å². The second-order valence-corrected chi connectivity index (χ2v) is 7.81. The Kier molecular flexibility index (Phi) is 4.01. The maximum absolute atomic E-state index is 13.4. The minimum absolute atomic E-state index is 0.116. The van der Waals surface area contributed by atoms with Crippen molar-refractivity contribution in [1.82, 2.24) is 23.9 Å². The van der Waals surface area contributed by atoms with E-state index in [1.54, 1.807) is 0 Å². The van der Waals surface area contributed by atoms with Gasteiger partial charge >= 0.3 is 0 Å². The summed E-state index contributed by atoms with van der Waals surface area (Å²) in [5.74, 6) is 0.116. The summed E-state index contributed by atoms with van der Waals surface area (Å²) in [6.45, 7) is 4.68. The lowest BCUT2D eigenvalue weighted by Gasteiger charge is -2.36. The van der Waals surface area contributed by atoms with E-state index in [0.29, 0.717) is 6.54 Å². The first-order valence-corrected chi connectivity index (χ1v) is 9.77. The molecule has 0 aliphatic carbocycles. The average molecular weight is 363 g/mol. The third-order valence-corrected chi connectivity index (χ3v) is 6.01. The monoisotopic (exact) mass is 363 g/mol. The standard InChI is InChI=1S/C21H25N5O/c1-23-14-19(18-6-2-3-7-20(18)23)21(27)25-12-16-10-22-15-26(16)17(13-25)11-24-8-4-5-9-24/h2-3,6-7,10,14-15,17H,4-5,8-9,11-13H2,1H3. The number of hydrogen-bond donors (Lipinski definition) is 0. The van der Waals surface area contributed by atoms with Gasteiger partial charge in [0.15, 0.2) is 0 Å². The number of aromatic nitrogens is 3. The van der Waals surface area contributed by atoms with Crippen molar-refractivity contribution in [3.05, 3.63) is 54.2 Å². The molecule has 2 aliphatic rings. The first-order chi connectivity index (χ1) is 13.2. The Balaban J connectivity index is 1.45. The summed E-state index contributed by atoms with van der Waals surface area (Å²) in [5.41, 5.74) is 3.01. The number of carbonyl (C=O) groups excluding carboxylic acids is 1. The molecule has 1 atom stereocenters. The molecule has 4 heterocycles. The number of carbonyl (C=O) groups is 1. The quantitative estimate of drug-likeness (QED) is 0.719. The molecule has 6 nitrogen and oxygen atoms in total. The number of rotatable bonds is 3. The van der Waals surface area contributed by atoms with Gasteiger partial charge in [-0.25, -0.2) is 4.98 Å². The summed E-state index contributed by atoms with van der Waals surface area (Å²) >= 11 is 0. The Morgan fingerprint density at radius 3 is 2.89 bits per heavy atom. The zero-order chi connectivity index (χ0) is 18.4. The highest BCUT2D eigenvalue weighted by atomic mass is 16.2. The van der Waals surface area contributed by atoms with Crippen molar-refractivity contribution in [3.8, 4) is 0 Å². The molecule has 3 aromatic rings. The molecule has 1 saturated heterocycles. The molecule has 1 unspecified atom stereocenters. The van der Waals surface area contributed by atoms with Gasteiger partial charge < -0.3 is 18.9 Å². The number of para-hydroxylation sites is 1. The Hall–Kier alpha value is -2.60. The van der Waals surface area contributed by atoms with Gasteiger partial charge in [-0.3, -0.25) is 4.79 Å². The van der Waals surface area contributed by atoms with Crippen molar-refractivity contribution in [1.29, 1.82) is 0 Å². The fraction of sp³-hybridized carbons (Fsp3) is 0.429. The van der Waals surface area contributed by atoms with Gasteiger partial charge in [0, 0.05) is 43.4 Å². The van der Waals surface area contributed by atoms with Crippen LogP contribution in [0, 0.1) is 0 Å². The highest BCUT2D eigenvalue weighted by molar-refractivity contribution is 6.07. The molecule has 0 radical (unpaired) electrons. The topological polar surface area (TPSA) is 46.3 Å². The van der Waals surface area contributed by atoms with Gasteiger partial charge in [-0.2, -0.15) is 0 Å². The zero-order valence-electron chi connectivity index (χ0n) is 15.7. The first-order valence-electron chi connectivity index (χ1n) is 9.77. The first kappa shape index (κ1) is 16.6. The largest absolute Gasteiger partial charge is 0.350 e. The molecule has 0 spiro atoms. The highest BCUT2D eigenvalue weighted by Crippen LogP contribution is 2.27. The van der Waals surface area contributed by atoms with Gasteiger partial charge in [-0.1, -0.05) is 18.2 Å². The maximum Gasteiger partial charge on any atom is 0.256 e. The Bertz CT molecular complexity index is 982. The molecule has 2 aromatic heterocycles. The van der Waals surface area contributed by atoms with Crippen LogP contribution in [-0.2, 0) is 13.6 Å². The summed E-state index contributed by atoms with van der Waals surface area (Å²) in [7, 11) is 2.00. The van der Waals surface area contributed by atoms with Gasteiger partial charge in [0.05, 0.1) is 30.2 Å². The van der Waals surface area contributed by atoms with E-state index in [2.05, 4.69) is 20.5 Å². The van der Waals surface area contributed by atoms with Crippen molar-refractivity contribution >= 4 is 16.8 Å². The number of hydrogen-bond acceptors (Lipinski definition) is 3. The molecule has 0 N–H and O–H groups in total. The molecule has 140 valence electrons. The lowest BCUT2D eigenvalue weighted by molar-refractivity contribution is 0.0660. The molecule has 5 rings (SSSR count). The Morgan fingerprint density at radius 1 is 1.22 bits per heavy atom. The van der Waals surface area contributed by atoms with Crippen LogP contribution in [0.4, 0.5) is 0 Å². The van der Waals surface area contributed by atoms with E-state index < -0.39 is 0 Å². The van der Waals surface area contributed by atoms with Gasteiger partial charge in [0.25, 0.3) is 5.91 Å². The molecular formula is C21H25N5O. The average Bonchev–Trinajstić information content (AvgIpc) is 3.42. The molecule has 0 saturated carbocycles. The van der Waals surface area contributed by atoms with Gasteiger partial charge in [-0.05, 0) is 32.0 Å². The minimum Gasteiger partial charge on any atom is -0.350 e. The molecule has 0 bridgehead atoms. The Morgan fingerprint density at radius 2 is 2.04 bits per heavy atom. The fourth-order valence-corrected chi connectivity index (χ4v) is 4.63. The van der Waals surface area contributed by atoms with Crippen LogP contribution < -0.4 is 0 Å². The number of fused-ring (bicyclic) bond motifs is 2. The summed E-state index contributed by atoms with van der Waals surface area (Å²) in [6.07, 6.45) is 8.36. The molecule has 1 fully saturated rings. The van der Waals surface area contributed by atoms with Crippen LogP contribution in [0.25, 0.3) is 10.9 Å². The van der Waals surface area contributed by atoms with Crippen LogP contribution in [0.3, 0.4) is 0 Å². The van der Waals surface area contributed by atoms with Crippen LogP contribution in [0.1, 0.15) is 34.9 Å². The number of benzene rings is 1. The normalized spacial score (nSPS) is 20.3. The molecule has 27 heavy (non-hydrogen) atoms. The molecule has 1 amide bonds. The van der Waals surface area contributed by atoms with Crippen LogP contribution in [0.5, 0.6) is 0 Å². The number of aryl methyl sites for hydroxylation is 1. The van der Waals surface area contributed by atoms with Gasteiger partial charge in [0.2, 0.25) is 0 Å². The van der Waals surface area contributed by atoms with Crippen LogP contribution >= 0.6 is 0 Å². The third-order valence-electron chi connectivity index (χ3n) is 6.01. The van der Waals surface area contributed by atoms with Crippen molar-refractivity contribution in [2.75, 3.05) is 26.2 Å². The van der Waals surface area contributed by atoms with E-state index in [0.717, 1.165) is 48.3 Å². The highest BCUT2D eigenvalue weighted by Gasteiger charge is 2.31. The molecular weight excluding hydrogens is 338 g/mol. The van der Waals surface area contributed by atoms with Crippen LogP contribution in [0.2, 0.25) is 0 Å². The van der Waals surface area contributed by atoms with Crippen molar-refractivity contribution in [3.63, 3.8) is 0 Å². The van der Waals surface area contributed by atoms with E-state index in [1.807, 2.05) is 53.4 Å². The summed E-state index contributed by atoms with van der Waals surface area (Å²) < 4.78 is 4.31. The maximum atomic E-state index is 13.4. The number of nitrogens with zero attached hydrogens (tertiary/aromatic N) is 5. The molecule has 6 heteroatoms. The minimum atomic E-state index is 0.116. The number of likely N-dealkylation sites (tertiary alicyclic amines) is 1. The van der Waals surface area contributed by atoms with Crippen molar-refractivity contribution in [2.45, 2.75) is 25.4 Å². The lowest BCUT2D eigenvalue weighted by Crippen LogP contribution is -2.44. The SMILES string of the molecule is Cn1cc(C(=O)N2Cc3cncn3C(CN3CCCC3)C2)c2ccccc21. The predicted molar refractivity (Wildman–Crippen MR) is 105 cm³/mol.